The summed E-state index contributed by atoms with van der Waals surface area (Å²) in [5, 5.41) is 6.34. The standard InChI is InChI=1S/C21H21F6N3O2/c1-12(20(22,23)24)10-17(30(2)3)19(21(25,26)27)11-16(29-32-19)13-4-6-14(7-5-13)18(31)28-15-8-9-15/h4-7,10,15H,1,8-9,11H2,2-3H3,(H,28,31)/b17-10+. The highest BCUT2D eigenvalue weighted by molar-refractivity contribution is 6.03. The SMILES string of the molecule is C=C(/C=C(/N(C)C)C1(C(F)(F)F)CC(c2ccc(C(=O)NC3CC3)cc2)=NO1)C(F)(F)F. The van der Waals surface area contributed by atoms with Crippen molar-refractivity contribution >= 4 is 11.6 Å². The molecule has 1 aliphatic heterocycles. The Morgan fingerprint density at radius 3 is 2.25 bits per heavy atom. The molecule has 1 heterocycles. The second-order valence-electron chi connectivity index (χ2n) is 7.90. The van der Waals surface area contributed by atoms with Gasteiger partial charge in [0.15, 0.2) is 0 Å². The number of nitrogens with one attached hydrogen (secondary N) is 1. The number of hydrogen-bond acceptors (Lipinski definition) is 4. The van der Waals surface area contributed by atoms with Crippen molar-refractivity contribution in [2.45, 2.75) is 43.3 Å². The molecule has 1 saturated carbocycles. The number of allylic oxidation sites excluding steroid dienone is 2. The van der Waals surface area contributed by atoms with Crippen LogP contribution in [-0.2, 0) is 4.84 Å². The van der Waals surface area contributed by atoms with Gasteiger partial charge in [-0.2, -0.15) is 26.3 Å². The minimum absolute atomic E-state index is 0.109. The van der Waals surface area contributed by atoms with E-state index in [0.717, 1.165) is 17.7 Å². The number of carbonyl (C=O) groups excluding carboxylic acids is 1. The number of hydrogen-bond donors (Lipinski definition) is 1. The summed E-state index contributed by atoms with van der Waals surface area (Å²) < 4.78 is 81.3. The van der Waals surface area contributed by atoms with Crippen molar-refractivity contribution in [3.8, 4) is 0 Å². The van der Waals surface area contributed by atoms with Gasteiger partial charge in [0, 0.05) is 25.7 Å². The third kappa shape index (κ3) is 4.76. The van der Waals surface area contributed by atoms with Crippen LogP contribution in [0.25, 0.3) is 0 Å². The summed E-state index contributed by atoms with van der Waals surface area (Å²) >= 11 is 0. The van der Waals surface area contributed by atoms with Gasteiger partial charge in [-0.05, 0) is 36.6 Å². The Labute approximate surface area is 180 Å². The van der Waals surface area contributed by atoms with Crippen LogP contribution in [0.2, 0.25) is 0 Å². The Morgan fingerprint density at radius 1 is 1.19 bits per heavy atom. The van der Waals surface area contributed by atoms with Crippen LogP contribution in [0.5, 0.6) is 0 Å². The van der Waals surface area contributed by atoms with Gasteiger partial charge in [-0.25, -0.2) is 0 Å². The molecular formula is C21H21F6N3O2. The number of rotatable bonds is 6. The molecule has 5 nitrogen and oxygen atoms in total. The van der Waals surface area contributed by atoms with Crippen LogP contribution in [0.1, 0.15) is 35.2 Å². The summed E-state index contributed by atoms with van der Waals surface area (Å²) in [6.07, 6.45) is -8.71. The van der Waals surface area contributed by atoms with Crippen molar-refractivity contribution in [2.75, 3.05) is 14.1 Å². The van der Waals surface area contributed by atoms with Crippen molar-refractivity contribution < 1.29 is 36.0 Å². The average molecular weight is 461 g/mol. The Hall–Kier alpha value is -2.98. The van der Waals surface area contributed by atoms with E-state index in [1.54, 1.807) is 0 Å². The molecule has 1 aliphatic carbocycles. The monoisotopic (exact) mass is 461 g/mol. The van der Waals surface area contributed by atoms with E-state index in [4.69, 9.17) is 4.84 Å². The highest BCUT2D eigenvalue weighted by atomic mass is 19.4. The van der Waals surface area contributed by atoms with Crippen molar-refractivity contribution in [1.29, 1.82) is 0 Å². The normalized spacial score (nSPS) is 21.6. The first kappa shape index (κ1) is 23.7. The Morgan fingerprint density at radius 2 is 1.78 bits per heavy atom. The van der Waals surface area contributed by atoms with Gasteiger partial charge in [-0.1, -0.05) is 23.9 Å². The van der Waals surface area contributed by atoms with Crippen LogP contribution >= 0.6 is 0 Å². The van der Waals surface area contributed by atoms with Crippen LogP contribution in [-0.4, -0.2) is 54.6 Å². The van der Waals surface area contributed by atoms with Gasteiger partial charge in [-0.3, -0.25) is 4.79 Å². The van der Waals surface area contributed by atoms with Gasteiger partial charge in [0.2, 0.25) is 0 Å². The number of oxime groups is 1. The van der Waals surface area contributed by atoms with E-state index in [1.165, 1.54) is 38.4 Å². The quantitative estimate of drug-likeness (QED) is 0.499. The van der Waals surface area contributed by atoms with Crippen molar-refractivity contribution in [3.05, 3.63) is 59.3 Å². The molecule has 1 unspecified atom stereocenters. The van der Waals surface area contributed by atoms with Crippen LogP contribution in [0, 0.1) is 0 Å². The number of benzene rings is 1. The molecule has 1 aromatic carbocycles. The molecule has 32 heavy (non-hydrogen) atoms. The van der Waals surface area contributed by atoms with E-state index < -0.39 is 35.6 Å². The minimum Gasteiger partial charge on any atom is -0.377 e. The average Bonchev–Trinajstić information content (AvgIpc) is 3.38. The van der Waals surface area contributed by atoms with Gasteiger partial charge >= 0.3 is 12.4 Å². The molecule has 0 radical (unpaired) electrons. The van der Waals surface area contributed by atoms with Crippen LogP contribution < -0.4 is 5.32 Å². The third-order valence-corrected chi connectivity index (χ3v) is 5.15. The lowest BCUT2D eigenvalue weighted by molar-refractivity contribution is -0.258. The minimum atomic E-state index is -5.08. The Bertz CT molecular complexity index is 959. The molecule has 1 N–H and O–H groups in total. The third-order valence-electron chi connectivity index (χ3n) is 5.15. The van der Waals surface area contributed by atoms with E-state index >= 15 is 0 Å². The predicted octanol–water partition coefficient (Wildman–Crippen LogP) is 4.57. The molecule has 0 saturated heterocycles. The topological polar surface area (TPSA) is 53.9 Å². The van der Waals surface area contributed by atoms with Gasteiger partial charge in [-0.15, -0.1) is 0 Å². The highest BCUT2D eigenvalue weighted by Gasteiger charge is 2.64. The zero-order valence-corrected chi connectivity index (χ0v) is 17.3. The highest BCUT2D eigenvalue weighted by Crippen LogP contribution is 2.47. The van der Waals surface area contributed by atoms with Crippen LogP contribution in [0.3, 0.4) is 0 Å². The first-order valence-electron chi connectivity index (χ1n) is 9.63. The van der Waals surface area contributed by atoms with E-state index in [0.29, 0.717) is 11.6 Å². The molecule has 174 valence electrons. The van der Waals surface area contributed by atoms with Crippen LogP contribution in [0.4, 0.5) is 26.3 Å². The lowest BCUT2D eigenvalue weighted by Gasteiger charge is -2.35. The Balaban J connectivity index is 1.89. The van der Waals surface area contributed by atoms with E-state index in [1.807, 2.05) is 0 Å². The van der Waals surface area contributed by atoms with E-state index in [9.17, 15) is 31.1 Å². The van der Waals surface area contributed by atoms with Gasteiger partial charge < -0.3 is 15.1 Å². The molecule has 3 rings (SSSR count). The summed E-state index contributed by atoms with van der Waals surface area (Å²) in [5.74, 6) is -0.295. The maximum absolute atomic E-state index is 14.1. The van der Waals surface area contributed by atoms with Gasteiger partial charge in [0.25, 0.3) is 11.5 Å². The fraction of sp³-hybridized carbons (Fsp3) is 0.429. The van der Waals surface area contributed by atoms with E-state index in [2.05, 4.69) is 17.1 Å². The van der Waals surface area contributed by atoms with Gasteiger partial charge in [0.1, 0.15) is 0 Å². The number of amides is 1. The van der Waals surface area contributed by atoms with Crippen LogP contribution in [0.15, 0.2) is 53.3 Å². The lowest BCUT2D eigenvalue weighted by Crippen LogP contribution is -2.50. The van der Waals surface area contributed by atoms with Crippen molar-refractivity contribution in [3.63, 3.8) is 0 Å². The molecule has 11 heteroatoms. The maximum Gasteiger partial charge on any atom is 0.437 e. The van der Waals surface area contributed by atoms with Crippen molar-refractivity contribution in [2.24, 2.45) is 5.16 Å². The first-order chi connectivity index (χ1) is 14.7. The smallest absolute Gasteiger partial charge is 0.377 e. The molecule has 0 bridgehead atoms. The lowest BCUT2D eigenvalue weighted by atomic mass is 9.88. The molecule has 0 aromatic heterocycles. The number of carbonyl (C=O) groups is 1. The summed E-state index contributed by atoms with van der Waals surface area (Å²) in [7, 11) is 2.36. The first-order valence-corrected chi connectivity index (χ1v) is 9.63. The number of nitrogens with zero attached hydrogens (tertiary/aromatic N) is 2. The molecule has 1 atom stereocenters. The summed E-state index contributed by atoms with van der Waals surface area (Å²) in [6.45, 7) is 2.83. The number of halogens is 6. The predicted molar refractivity (Wildman–Crippen MR) is 105 cm³/mol. The summed E-state index contributed by atoms with van der Waals surface area (Å²) in [4.78, 5) is 17.8. The fourth-order valence-corrected chi connectivity index (χ4v) is 3.19. The fourth-order valence-electron chi connectivity index (χ4n) is 3.19. The summed E-state index contributed by atoms with van der Waals surface area (Å²) in [6, 6.07) is 5.87. The van der Waals surface area contributed by atoms with Crippen molar-refractivity contribution in [1.82, 2.24) is 10.2 Å². The molecule has 2 aliphatic rings. The van der Waals surface area contributed by atoms with E-state index in [-0.39, 0.29) is 23.2 Å². The number of alkyl halides is 6. The second kappa shape index (κ2) is 8.18. The molecule has 1 aromatic rings. The zero-order valence-electron chi connectivity index (χ0n) is 17.3. The summed E-state index contributed by atoms with van der Waals surface area (Å²) in [5.41, 5.74) is -4.88. The molecule has 0 spiro atoms. The number of likely N-dealkylation sites (N-methyl/N-ethyl adjacent to an activating group) is 1. The zero-order chi connectivity index (χ0) is 23.9. The molecule has 1 amide bonds. The van der Waals surface area contributed by atoms with Gasteiger partial charge in [0.05, 0.1) is 23.4 Å². The Kier molecular flexibility index (Phi) is 6.05. The largest absolute Gasteiger partial charge is 0.437 e. The second-order valence-corrected chi connectivity index (χ2v) is 7.90. The molecular weight excluding hydrogens is 440 g/mol. The maximum atomic E-state index is 14.1. The molecule has 1 fully saturated rings.